The Kier molecular flexibility index (Phi) is 3.81. The van der Waals surface area contributed by atoms with Crippen molar-refractivity contribution in [1.82, 2.24) is 0 Å². The number of methoxy groups -OCH3 is 2. The van der Waals surface area contributed by atoms with E-state index in [-0.39, 0.29) is 12.0 Å². The molecular formula is C13H20O3. The van der Waals surface area contributed by atoms with Crippen LogP contribution in [-0.4, -0.2) is 25.9 Å². The molecule has 0 fully saturated rings. The fourth-order valence-corrected chi connectivity index (χ4v) is 1.67. The first-order valence-corrected chi connectivity index (χ1v) is 5.30. The van der Waals surface area contributed by atoms with E-state index in [1.165, 1.54) is 0 Å². The van der Waals surface area contributed by atoms with Crippen molar-refractivity contribution < 1.29 is 14.6 Å². The first-order valence-electron chi connectivity index (χ1n) is 5.30. The number of hydrogen-bond donors (Lipinski definition) is 1. The lowest BCUT2D eigenvalue weighted by Gasteiger charge is -2.25. The summed E-state index contributed by atoms with van der Waals surface area (Å²) in [7, 11) is 3.26. The minimum atomic E-state index is -0.317. The summed E-state index contributed by atoms with van der Waals surface area (Å²) in [5, 5.41) is 9.40. The Labute approximate surface area is 97.0 Å². The minimum Gasteiger partial charge on any atom is -0.496 e. The number of ether oxygens (including phenoxy) is 2. The molecule has 0 saturated heterocycles. The van der Waals surface area contributed by atoms with Crippen molar-refractivity contribution in [1.29, 1.82) is 0 Å². The van der Waals surface area contributed by atoms with Gasteiger partial charge in [-0.05, 0) is 18.6 Å². The van der Waals surface area contributed by atoms with Crippen molar-refractivity contribution in [3.63, 3.8) is 0 Å². The van der Waals surface area contributed by atoms with Crippen molar-refractivity contribution in [2.75, 3.05) is 20.8 Å². The molecule has 0 saturated carbocycles. The Bertz CT molecular complexity index is 370. The van der Waals surface area contributed by atoms with Crippen LogP contribution in [0.1, 0.15) is 25.0 Å². The molecule has 0 heterocycles. The van der Waals surface area contributed by atoms with Crippen molar-refractivity contribution in [3.05, 3.63) is 23.3 Å². The van der Waals surface area contributed by atoms with Gasteiger partial charge in [-0.3, -0.25) is 0 Å². The zero-order valence-corrected chi connectivity index (χ0v) is 10.6. The second kappa shape index (κ2) is 4.74. The van der Waals surface area contributed by atoms with E-state index in [1.807, 2.05) is 32.9 Å². The Hall–Kier alpha value is -1.22. The van der Waals surface area contributed by atoms with Gasteiger partial charge in [0.05, 0.1) is 20.8 Å². The largest absolute Gasteiger partial charge is 0.496 e. The maximum absolute atomic E-state index is 9.40. The van der Waals surface area contributed by atoms with Gasteiger partial charge < -0.3 is 14.6 Å². The summed E-state index contributed by atoms with van der Waals surface area (Å²) in [5.74, 6) is 1.55. The summed E-state index contributed by atoms with van der Waals surface area (Å²) in [6, 6.07) is 3.87. The van der Waals surface area contributed by atoms with E-state index in [0.717, 1.165) is 22.6 Å². The maximum Gasteiger partial charge on any atom is 0.126 e. The molecule has 0 unspecified atom stereocenters. The molecule has 0 aliphatic rings. The smallest absolute Gasteiger partial charge is 0.126 e. The Morgan fingerprint density at radius 1 is 1.12 bits per heavy atom. The van der Waals surface area contributed by atoms with Crippen molar-refractivity contribution in [3.8, 4) is 11.5 Å². The molecule has 1 rings (SSSR count). The highest BCUT2D eigenvalue weighted by molar-refractivity contribution is 5.49. The van der Waals surface area contributed by atoms with Crippen molar-refractivity contribution >= 4 is 0 Å². The Morgan fingerprint density at radius 2 is 1.69 bits per heavy atom. The molecule has 3 heteroatoms. The topological polar surface area (TPSA) is 38.7 Å². The molecule has 3 nitrogen and oxygen atoms in total. The third kappa shape index (κ3) is 2.30. The number of aliphatic hydroxyl groups excluding tert-OH is 1. The quantitative estimate of drug-likeness (QED) is 0.852. The molecule has 90 valence electrons. The SMILES string of the molecule is COc1cc(OC)c(C(C)(C)CO)cc1C. The van der Waals surface area contributed by atoms with E-state index in [9.17, 15) is 5.11 Å². The standard InChI is InChI=1S/C13H20O3/c1-9-6-10(13(2,3)8-14)12(16-5)7-11(9)15-4/h6-7,14H,8H2,1-5H3. The van der Waals surface area contributed by atoms with Gasteiger partial charge in [-0.15, -0.1) is 0 Å². The van der Waals surface area contributed by atoms with Crippen LogP contribution in [0.5, 0.6) is 11.5 Å². The highest BCUT2D eigenvalue weighted by atomic mass is 16.5. The minimum absolute atomic E-state index is 0.0785. The summed E-state index contributed by atoms with van der Waals surface area (Å²) >= 11 is 0. The van der Waals surface area contributed by atoms with Crippen molar-refractivity contribution in [2.24, 2.45) is 0 Å². The van der Waals surface area contributed by atoms with Crippen LogP contribution in [-0.2, 0) is 5.41 Å². The fraction of sp³-hybridized carbons (Fsp3) is 0.538. The van der Waals surface area contributed by atoms with E-state index in [4.69, 9.17) is 9.47 Å². The van der Waals surface area contributed by atoms with Crippen LogP contribution >= 0.6 is 0 Å². The van der Waals surface area contributed by atoms with Crippen LogP contribution in [0.25, 0.3) is 0 Å². The second-order valence-corrected chi connectivity index (χ2v) is 4.56. The molecule has 1 aromatic rings. The Morgan fingerprint density at radius 3 is 2.12 bits per heavy atom. The third-order valence-electron chi connectivity index (χ3n) is 2.84. The van der Waals surface area contributed by atoms with E-state index in [2.05, 4.69) is 0 Å². The van der Waals surface area contributed by atoms with Gasteiger partial charge in [-0.1, -0.05) is 13.8 Å². The van der Waals surface area contributed by atoms with Gasteiger partial charge in [0, 0.05) is 17.0 Å². The van der Waals surface area contributed by atoms with Crippen molar-refractivity contribution in [2.45, 2.75) is 26.2 Å². The normalized spacial score (nSPS) is 11.4. The number of aliphatic hydroxyl groups is 1. The van der Waals surface area contributed by atoms with Gasteiger partial charge >= 0.3 is 0 Å². The summed E-state index contributed by atoms with van der Waals surface area (Å²) in [5.41, 5.74) is 1.72. The monoisotopic (exact) mass is 224 g/mol. The number of rotatable bonds is 4. The zero-order chi connectivity index (χ0) is 12.3. The highest BCUT2D eigenvalue weighted by Crippen LogP contribution is 2.36. The molecule has 0 aromatic heterocycles. The lowest BCUT2D eigenvalue weighted by Crippen LogP contribution is -2.23. The number of benzene rings is 1. The van der Waals surface area contributed by atoms with Gasteiger partial charge in [0.1, 0.15) is 11.5 Å². The average Bonchev–Trinajstić information content (AvgIpc) is 2.28. The fourth-order valence-electron chi connectivity index (χ4n) is 1.67. The van der Waals surface area contributed by atoms with Gasteiger partial charge in [0.15, 0.2) is 0 Å². The van der Waals surface area contributed by atoms with E-state index in [1.54, 1.807) is 14.2 Å². The van der Waals surface area contributed by atoms with Gasteiger partial charge in [0.2, 0.25) is 0 Å². The molecule has 1 aromatic carbocycles. The maximum atomic E-state index is 9.40. The number of hydrogen-bond acceptors (Lipinski definition) is 3. The number of aryl methyl sites for hydroxylation is 1. The predicted molar refractivity (Wildman–Crippen MR) is 64.4 cm³/mol. The lowest BCUT2D eigenvalue weighted by atomic mass is 9.84. The molecule has 0 bridgehead atoms. The molecule has 16 heavy (non-hydrogen) atoms. The first kappa shape index (κ1) is 12.8. The predicted octanol–water partition coefficient (Wildman–Crippen LogP) is 2.28. The third-order valence-corrected chi connectivity index (χ3v) is 2.84. The van der Waals surface area contributed by atoms with Gasteiger partial charge in [-0.25, -0.2) is 0 Å². The first-order chi connectivity index (χ1) is 7.46. The van der Waals surface area contributed by atoms with E-state index < -0.39 is 0 Å². The van der Waals surface area contributed by atoms with E-state index in [0.29, 0.717) is 0 Å². The molecule has 1 N–H and O–H groups in total. The summed E-state index contributed by atoms with van der Waals surface area (Å²) in [6.45, 7) is 6.03. The van der Waals surface area contributed by atoms with Gasteiger partial charge in [0.25, 0.3) is 0 Å². The van der Waals surface area contributed by atoms with Gasteiger partial charge in [-0.2, -0.15) is 0 Å². The average molecular weight is 224 g/mol. The zero-order valence-electron chi connectivity index (χ0n) is 10.6. The molecule has 0 aliphatic heterocycles. The molecular weight excluding hydrogens is 204 g/mol. The Balaban J connectivity index is 3.34. The lowest BCUT2D eigenvalue weighted by molar-refractivity contribution is 0.214. The van der Waals surface area contributed by atoms with Crippen LogP contribution < -0.4 is 9.47 Å². The summed E-state index contributed by atoms with van der Waals surface area (Å²) < 4.78 is 10.6. The molecule has 0 radical (unpaired) electrons. The molecule has 0 amide bonds. The second-order valence-electron chi connectivity index (χ2n) is 4.56. The highest BCUT2D eigenvalue weighted by Gasteiger charge is 2.24. The van der Waals surface area contributed by atoms with E-state index >= 15 is 0 Å². The summed E-state index contributed by atoms with van der Waals surface area (Å²) in [4.78, 5) is 0. The van der Waals surface area contributed by atoms with Crippen LogP contribution in [0.3, 0.4) is 0 Å². The van der Waals surface area contributed by atoms with Crippen LogP contribution in [0, 0.1) is 6.92 Å². The van der Waals surface area contributed by atoms with Crippen LogP contribution in [0.15, 0.2) is 12.1 Å². The molecule has 0 atom stereocenters. The molecule has 0 aliphatic carbocycles. The van der Waals surface area contributed by atoms with Crippen LogP contribution in [0.2, 0.25) is 0 Å². The van der Waals surface area contributed by atoms with Crippen LogP contribution in [0.4, 0.5) is 0 Å². The molecule has 0 spiro atoms. The summed E-state index contributed by atoms with van der Waals surface area (Å²) in [6.07, 6.45) is 0.